The zero-order chi connectivity index (χ0) is 23.3. The van der Waals surface area contributed by atoms with Crippen molar-refractivity contribution in [1.82, 2.24) is 20.0 Å². The number of benzene rings is 1. The molecule has 1 aromatic carbocycles. The molecule has 3 amide bonds. The van der Waals surface area contributed by atoms with E-state index in [9.17, 15) is 27.6 Å². The van der Waals surface area contributed by atoms with Gasteiger partial charge in [-0.25, -0.2) is 0 Å². The number of alkyl halides is 3. The van der Waals surface area contributed by atoms with Gasteiger partial charge in [-0.15, -0.1) is 0 Å². The van der Waals surface area contributed by atoms with Crippen molar-refractivity contribution < 1.29 is 27.6 Å². The third-order valence-electron chi connectivity index (χ3n) is 5.77. The highest BCUT2D eigenvalue weighted by Crippen LogP contribution is 2.30. The molecule has 3 rings (SSSR count). The first-order chi connectivity index (χ1) is 15.2. The number of carbonyl (C=O) groups excluding carboxylic acids is 3. The van der Waals surface area contributed by atoms with Gasteiger partial charge in [0.25, 0.3) is 0 Å². The number of hydrogen-bond acceptors (Lipinski definition) is 5. The smallest absolute Gasteiger partial charge is 0.353 e. The molecule has 2 saturated heterocycles. The number of rotatable bonds is 6. The molecule has 8 nitrogen and oxygen atoms in total. The van der Waals surface area contributed by atoms with Crippen LogP contribution in [0, 0.1) is 0 Å². The summed E-state index contributed by atoms with van der Waals surface area (Å²) in [4.78, 5) is 43.5. The van der Waals surface area contributed by atoms with Gasteiger partial charge >= 0.3 is 6.18 Å². The molecule has 0 unspecified atom stereocenters. The molecule has 1 aromatic rings. The van der Waals surface area contributed by atoms with Crippen LogP contribution in [0.25, 0.3) is 0 Å². The van der Waals surface area contributed by atoms with Crippen molar-refractivity contribution >= 4 is 23.4 Å². The van der Waals surface area contributed by atoms with E-state index in [1.807, 2.05) is 4.90 Å². The van der Waals surface area contributed by atoms with Crippen molar-refractivity contribution in [3.63, 3.8) is 0 Å². The van der Waals surface area contributed by atoms with Crippen molar-refractivity contribution in [1.29, 1.82) is 0 Å². The molecule has 0 aromatic heterocycles. The molecule has 11 heteroatoms. The molecule has 2 aliphatic rings. The predicted molar refractivity (Wildman–Crippen MR) is 112 cm³/mol. The minimum Gasteiger partial charge on any atom is -0.353 e. The van der Waals surface area contributed by atoms with Gasteiger partial charge in [-0.05, 0) is 24.7 Å². The van der Waals surface area contributed by atoms with E-state index in [4.69, 9.17) is 0 Å². The Kier molecular flexibility index (Phi) is 7.73. The van der Waals surface area contributed by atoms with Crippen LogP contribution >= 0.6 is 0 Å². The zero-order valence-corrected chi connectivity index (χ0v) is 18.0. The standard InChI is InChI=1S/C21H28F3N5O3/c1-2-27-8-10-28(11-9-27)14-19(31)29-7-6-25-20(32)17(29)13-18(30)26-16-5-3-4-15(12-16)21(22,23)24/h3-5,12,17H,2,6-11,13-14H2,1H3,(H,25,32)(H,26,30)/t17-/m1/s1. The Bertz CT molecular complexity index is 840. The molecule has 0 bridgehead atoms. The first-order valence-corrected chi connectivity index (χ1v) is 10.7. The highest BCUT2D eigenvalue weighted by molar-refractivity contribution is 5.97. The van der Waals surface area contributed by atoms with Crippen molar-refractivity contribution in [3.05, 3.63) is 29.8 Å². The first-order valence-electron chi connectivity index (χ1n) is 10.7. The van der Waals surface area contributed by atoms with Crippen LogP contribution in [0.1, 0.15) is 18.9 Å². The first kappa shape index (κ1) is 24.0. The summed E-state index contributed by atoms with van der Waals surface area (Å²) in [6.07, 6.45) is -4.87. The van der Waals surface area contributed by atoms with Crippen molar-refractivity contribution in [2.45, 2.75) is 25.6 Å². The average molecular weight is 455 g/mol. The molecule has 0 radical (unpaired) electrons. The van der Waals surface area contributed by atoms with Crippen molar-refractivity contribution in [2.24, 2.45) is 0 Å². The molecular weight excluding hydrogens is 427 g/mol. The van der Waals surface area contributed by atoms with Crippen LogP contribution in [0.2, 0.25) is 0 Å². The van der Waals surface area contributed by atoms with Gasteiger partial charge in [0.2, 0.25) is 17.7 Å². The van der Waals surface area contributed by atoms with Gasteiger partial charge in [-0.2, -0.15) is 13.2 Å². The number of likely N-dealkylation sites (N-methyl/N-ethyl adjacent to an activating group) is 1. The molecule has 32 heavy (non-hydrogen) atoms. The minimum atomic E-state index is -4.53. The summed E-state index contributed by atoms with van der Waals surface area (Å²) in [7, 11) is 0. The molecule has 1 atom stereocenters. The number of halogens is 3. The monoisotopic (exact) mass is 455 g/mol. The highest BCUT2D eigenvalue weighted by Gasteiger charge is 2.36. The van der Waals surface area contributed by atoms with Gasteiger partial charge in [0.05, 0.1) is 18.5 Å². The van der Waals surface area contributed by atoms with Gasteiger partial charge in [0, 0.05) is 45.0 Å². The van der Waals surface area contributed by atoms with Gasteiger partial charge < -0.3 is 20.4 Å². The Labute approximate surface area is 184 Å². The summed E-state index contributed by atoms with van der Waals surface area (Å²) in [5.74, 6) is -1.32. The number of nitrogens with one attached hydrogen (secondary N) is 2. The zero-order valence-electron chi connectivity index (χ0n) is 18.0. The lowest BCUT2D eigenvalue weighted by molar-refractivity contribution is -0.145. The van der Waals surface area contributed by atoms with Crippen LogP contribution in [0.5, 0.6) is 0 Å². The van der Waals surface area contributed by atoms with Gasteiger partial charge in [-0.3, -0.25) is 19.3 Å². The lowest BCUT2D eigenvalue weighted by Gasteiger charge is -2.38. The predicted octanol–water partition coefficient (Wildman–Crippen LogP) is 0.999. The largest absolute Gasteiger partial charge is 0.416 e. The summed E-state index contributed by atoms with van der Waals surface area (Å²) in [5, 5.41) is 5.05. The summed E-state index contributed by atoms with van der Waals surface area (Å²) >= 11 is 0. The number of carbonyl (C=O) groups is 3. The number of nitrogens with zero attached hydrogens (tertiary/aromatic N) is 3. The van der Waals surface area contributed by atoms with E-state index in [1.54, 1.807) is 0 Å². The van der Waals surface area contributed by atoms with E-state index in [0.717, 1.165) is 44.9 Å². The number of anilines is 1. The number of amides is 3. The molecular formula is C21H28F3N5O3. The molecule has 0 spiro atoms. The van der Waals surface area contributed by atoms with Crippen LogP contribution < -0.4 is 10.6 Å². The SMILES string of the molecule is CCN1CCN(CC(=O)N2CCNC(=O)[C@H]2CC(=O)Nc2cccc(C(F)(F)F)c2)CC1. The van der Waals surface area contributed by atoms with E-state index in [0.29, 0.717) is 6.54 Å². The second kappa shape index (κ2) is 10.3. The molecule has 2 N–H and O–H groups in total. The van der Waals surface area contributed by atoms with E-state index in [2.05, 4.69) is 22.5 Å². The maximum Gasteiger partial charge on any atom is 0.416 e. The lowest BCUT2D eigenvalue weighted by Crippen LogP contribution is -2.60. The molecule has 176 valence electrons. The van der Waals surface area contributed by atoms with Gasteiger partial charge in [0.15, 0.2) is 0 Å². The molecule has 0 saturated carbocycles. The summed E-state index contributed by atoms with van der Waals surface area (Å²) < 4.78 is 38.7. The Morgan fingerprint density at radius 3 is 2.47 bits per heavy atom. The topological polar surface area (TPSA) is 85.0 Å². The Balaban J connectivity index is 1.61. The normalized spacial score (nSPS) is 20.7. The second-order valence-electron chi connectivity index (χ2n) is 7.94. The quantitative estimate of drug-likeness (QED) is 0.669. The van der Waals surface area contributed by atoms with Gasteiger partial charge in [-0.1, -0.05) is 13.0 Å². The lowest BCUT2D eigenvalue weighted by atomic mass is 10.1. The molecule has 0 aliphatic carbocycles. The number of hydrogen-bond donors (Lipinski definition) is 2. The fraction of sp³-hybridized carbons (Fsp3) is 0.571. The van der Waals surface area contributed by atoms with Crippen LogP contribution in [-0.2, 0) is 20.6 Å². The van der Waals surface area contributed by atoms with Crippen LogP contribution in [0.4, 0.5) is 18.9 Å². The maximum atomic E-state index is 12.9. The van der Waals surface area contributed by atoms with E-state index in [-0.39, 0.29) is 31.1 Å². The van der Waals surface area contributed by atoms with E-state index >= 15 is 0 Å². The molecule has 2 aliphatic heterocycles. The fourth-order valence-electron chi connectivity index (χ4n) is 3.92. The molecule has 2 heterocycles. The van der Waals surface area contributed by atoms with Crippen LogP contribution in [0.15, 0.2) is 24.3 Å². The van der Waals surface area contributed by atoms with Crippen molar-refractivity contribution in [2.75, 3.05) is 57.7 Å². The molecule has 2 fully saturated rings. The summed E-state index contributed by atoms with van der Waals surface area (Å²) in [6, 6.07) is 3.27. The third kappa shape index (κ3) is 6.19. The number of piperazine rings is 2. The Hall–Kier alpha value is -2.66. The van der Waals surface area contributed by atoms with Crippen LogP contribution in [-0.4, -0.2) is 90.8 Å². The van der Waals surface area contributed by atoms with Crippen LogP contribution in [0.3, 0.4) is 0 Å². The van der Waals surface area contributed by atoms with Gasteiger partial charge in [0.1, 0.15) is 6.04 Å². The Morgan fingerprint density at radius 1 is 1.12 bits per heavy atom. The fourth-order valence-corrected chi connectivity index (χ4v) is 3.92. The maximum absolute atomic E-state index is 12.9. The average Bonchev–Trinajstić information content (AvgIpc) is 2.75. The summed E-state index contributed by atoms with van der Waals surface area (Å²) in [6.45, 7) is 7.01. The highest BCUT2D eigenvalue weighted by atomic mass is 19.4. The Morgan fingerprint density at radius 2 is 1.81 bits per heavy atom. The second-order valence-corrected chi connectivity index (χ2v) is 7.94. The van der Waals surface area contributed by atoms with E-state index < -0.39 is 29.6 Å². The van der Waals surface area contributed by atoms with Crippen molar-refractivity contribution in [3.8, 4) is 0 Å². The minimum absolute atomic E-state index is 0.0206. The third-order valence-corrected chi connectivity index (χ3v) is 5.77. The summed E-state index contributed by atoms with van der Waals surface area (Å²) in [5.41, 5.74) is -0.904. The van der Waals surface area contributed by atoms with E-state index in [1.165, 1.54) is 17.0 Å².